The number of thiol groups is 1. The van der Waals surface area contributed by atoms with Crippen molar-refractivity contribution in [2.75, 3.05) is 7.11 Å². The predicted molar refractivity (Wildman–Crippen MR) is 76.3 cm³/mol. The molecular weight excluding hydrogens is 250 g/mol. The molecule has 0 aliphatic rings. The van der Waals surface area contributed by atoms with Gasteiger partial charge in [0.15, 0.2) is 0 Å². The number of methoxy groups -OCH3 is 1. The van der Waals surface area contributed by atoms with Crippen LogP contribution in [0.3, 0.4) is 0 Å². The summed E-state index contributed by atoms with van der Waals surface area (Å²) in [5.41, 5.74) is 4.46. The fraction of sp³-hybridized carbons (Fsp3) is 0.308. The van der Waals surface area contributed by atoms with Gasteiger partial charge in [0.25, 0.3) is 0 Å². The molecule has 2 aromatic rings. The predicted octanol–water partition coefficient (Wildman–Crippen LogP) is 3.87. The van der Waals surface area contributed by atoms with E-state index in [0.717, 1.165) is 22.0 Å². The van der Waals surface area contributed by atoms with E-state index in [4.69, 9.17) is 4.74 Å². The smallest absolute Gasteiger partial charge is 0.128 e. The number of rotatable bonds is 3. The number of hydrogen-bond donors (Lipinski definition) is 1. The van der Waals surface area contributed by atoms with Gasteiger partial charge in [0.05, 0.1) is 12.8 Å². The lowest BCUT2D eigenvalue weighted by molar-refractivity contribution is 0.415. The fourth-order valence-electron chi connectivity index (χ4n) is 1.92. The van der Waals surface area contributed by atoms with E-state index < -0.39 is 0 Å². The second-order valence-corrected chi connectivity index (χ2v) is 5.20. The molecule has 0 bridgehead atoms. The monoisotopic (exact) mass is 265 g/mol. The first-order chi connectivity index (χ1) is 8.15. The molecule has 0 unspecified atom stereocenters. The topological polar surface area (TPSA) is 22.1 Å². The molecule has 2 nitrogen and oxygen atoms in total. The average molecular weight is 265 g/mol. The van der Waals surface area contributed by atoms with E-state index in [1.54, 1.807) is 18.4 Å². The Bertz CT molecular complexity index is 534. The average Bonchev–Trinajstić information content (AvgIpc) is 2.76. The molecule has 0 aliphatic carbocycles. The molecule has 0 saturated heterocycles. The Balaban J connectivity index is 2.57. The Morgan fingerprint density at radius 3 is 2.71 bits per heavy atom. The van der Waals surface area contributed by atoms with Gasteiger partial charge in [-0.2, -0.15) is 12.6 Å². The molecule has 0 N–H and O–H groups in total. The molecule has 0 spiro atoms. The van der Waals surface area contributed by atoms with Crippen LogP contribution in [0.4, 0.5) is 0 Å². The highest BCUT2D eigenvalue weighted by Gasteiger charge is 2.13. The summed E-state index contributed by atoms with van der Waals surface area (Å²) in [5.74, 6) is 1.57. The van der Waals surface area contributed by atoms with Gasteiger partial charge in [-0.25, -0.2) is 4.98 Å². The minimum Gasteiger partial charge on any atom is -0.496 e. The maximum atomic E-state index is 5.45. The zero-order valence-corrected chi connectivity index (χ0v) is 11.9. The summed E-state index contributed by atoms with van der Waals surface area (Å²) in [6, 6.07) is 4.19. The molecule has 0 atom stereocenters. The van der Waals surface area contributed by atoms with Gasteiger partial charge < -0.3 is 4.74 Å². The van der Waals surface area contributed by atoms with Crippen LogP contribution < -0.4 is 4.74 Å². The van der Waals surface area contributed by atoms with Crippen molar-refractivity contribution in [3.63, 3.8) is 0 Å². The van der Waals surface area contributed by atoms with Crippen LogP contribution in [0.15, 0.2) is 17.5 Å². The number of aryl methyl sites for hydroxylation is 2. The summed E-state index contributed by atoms with van der Waals surface area (Å²) in [6.07, 6.45) is 0. The maximum Gasteiger partial charge on any atom is 0.128 e. The Morgan fingerprint density at radius 1 is 1.35 bits per heavy atom. The normalized spacial score (nSPS) is 10.6. The van der Waals surface area contributed by atoms with Gasteiger partial charge >= 0.3 is 0 Å². The van der Waals surface area contributed by atoms with E-state index in [2.05, 4.69) is 42.9 Å². The Hall–Kier alpha value is -1.00. The number of nitrogens with zero attached hydrogens (tertiary/aromatic N) is 1. The summed E-state index contributed by atoms with van der Waals surface area (Å²) in [7, 11) is 1.70. The van der Waals surface area contributed by atoms with E-state index in [0.29, 0.717) is 5.75 Å². The molecule has 1 aromatic carbocycles. The van der Waals surface area contributed by atoms with Gasteiger partial charge in [-0.1, -0.05) is 6.07 Å². The van der Waals surface area contributed by atoms with Crippen LogP contribution in [0, 0.1) is 13.8 Å². The Morgan fingerprint density at radius 2 is 2.12 bits per heavy atom. The zero-order valence-electron chi connectivity index (χ0n) is 10.2. The molecule has 90 valence electrons. The molecule has 2 rings (SSSR count). The molecule has 1 heterocycles. The maximum absolute atomic E-state index is 5.45. The third kappa shape index (κ3) is 2.48. The minimum atomic E-state index is 0.678. The summed E-state index contributed by atoms with van der Waals surface area (Å²) in [5, 5.41) is 3.09. The first kappa shape index (κ1) is 12.5. The number of ether oxygens (including phenoxy) is 1. The van der Waals surface area contributed by atoms with E-state index in [1.165, 1.54) is 11.1 Å². The van der Waals surface area contributed by atoms with Gasteiger partial charge in [-0.05, 0) is 31.0 Å². The summed E-state index contributed by atoms with van der Waals surface area (Å²) in [6.45, 7) is 4.16. The first-order valence-corrected chi connectivity index (χ1v) is 6.87. The van der Waals surface area contributed by atoms with E-state index >= 15 is 0 Å². The van der Waals surface area contributed by atoms with Crippen molar-refractivity contribution >= 4 is 24.0 Å². The third-order valence-electron chi connectivity index (χ3n) is 2.61. The van der Waals surface area contributed by atoms with Crippen LogP contribution in [-0.4, -0.2) is 12.1 Å². The molecule has 1 aromatic heterocycles. The number of thiazole rings is 1. The molecule has 0 saturated carbocycles. The van der Waals surface area contributed by atoms with Gasteiger partial charge in [-0.3, -0.25) is 0 Å². The van der Waals surface area contributed by atoms with Crippen molar-refractivity contribution in [2.24, 2.45) is 0 Å². The Kier molecular flexibility index (Phi) is 3.74. The van der Waals surface area contributed by atoms with E-state index in [1.807, 2.05) is 6.07 Å². The van der Waals surface area contributed by atoms with Gasteiger partial charge in [0.2, 0.25) is 0 Å². The second kappa shape index (κ2) is 5.10. The van der Waals surface area contributed by atoms with Crippen LogP contribution in [0.1, 0.15) is 16.1 Å². The van der Waals surface area contributed by atoms with Crippen molar-refractivity contribution in [1.82, 2.24) is 4.98 Å². The van der Waals surface area contributed by atoms with Crippen molar-refractivity contribution in [1.29, 1.82) is 0 Å². The Labute approximate surface area is 111 Å². The van der Waals surface area contributed by atoms with Crippen molar-refractivity contribution in [3.8, 4) is 17.0 Å². The lowest BCUT2D eigenvalue weighted by Gasteiger charge is -2.11. The van der Waals surface area contributed by atoms with Crippen LogP contribution in [0.25, 0.3) is 11.3 Å². The van der Waals surface area contributed by atoms with Crippen molar-refractivity contribution < 1.29 is 4.74 Å². The quantitative estimate of drug-likeness (QED) is 0.851. The van der Waals surface area contributed by atoms with Crippen LogP contribution >= 0.6 is 24.0 Å². The lowest BCUT2D eigenvalue weighted by atomic mass is 10.0. The zero-order chi connectivity index (χ0) is 12.4. The van der Waals surface area contributed by atoms with Crippen LogP contribution in [0.5, 0.6) is 5.75 Å². The van der Waals surface area contributed by atoms with Gasteiger partial charge in [0.1, 0.15) is 10.8 Å². The minimum absolute atomic E-state index is 0.678. The van der Waals surface area contributed by atoms with E-state index in [-0.39, 0.29) is 0 Å². The number of hydrogen-bond acceptors (Lipinski definition) is 4. The van der Waals surface area contributed by atoms with Gasteiger partial charge in [0, 0.05) is 16.7 Å². The largest absolute Gasteiger partial charge is 0.496 e. The molecule has 0 radical (unpaired) electrons. The number of benzene rings is 1. The SMILES string of the molecule is COc1cc(C)cc(C)c1-c1csc(CS)n1. The van der Waals surface area contributed by atoms with Crippen LogP contribution in [-0.2, 0) is 5.75 Å². The molecule has 17 heavy (non-hydrogen) atoms. The summed E-state index contributed by atoms with van der Waals surface area (Å²) < 4.78 is 5.45. The second-order valence-electron chi connectivity index (χ2n) is 3.94. The molecule has 4 heteroatoms. The van der Waals surface area contributed by atoms with E-state index in [9.17, 15) is 0 Å². The highest BCUT2D eigenvalue weighted by Crippen LogP contribution is 2.34. The summed E-state index contributed by atoms with van der Waals surface area (Å²) >= 11 is 5.88. The van der Waals surface area contributed by atoms with Crippen molar-refractivity contribution in [2.45, 2.75) is 19.6 Å². The molecular formula is C13H15NOS2. The number of aromatic nitrogens is 1. The summed E-state index contributed by atoms with van der Waals surface area (Å²) in [4.78, 5) is 4.56. The van der Waals surface area contributed by atoms with Crippen molar-refractivity contribution in [3.05, 3.63) is 33.6 Å². The van der Waals surface area contributed by atoms with Gasteiger partial charge in [-0.15, -0.1) is 11.3 Å². The highest BCUT2D eigenvalue weighted by atomic mass is 32.1. The molecule has 0 amide bonds. The highest BCUT2D eigenvalue weighted by molar-refractivity contribution is 7.79. The molecule has 0 fully saturated rings. The standard InChI is InChI=1S/C13H15NOS2/c1-8-4-9(2)13(11(5-8)15-3)10-7-17-12(6-16)14-10/h4-5,7,16H,6H2,1-3H3. The lowest BCUT2D eigenvalue weighted by Crippen LogP contribution is -1.93. The molecule has 0 aliphatic heterocycles. The van der Waals surface area contributed by atoms with Crippen LogP contribution in [0.2, 0.25) is 0 Å². The third-order valence-corrected chi connectivity index (χ3v) is 3.97. The fourth-order valence-corrected chi connectivity index (χ4v) is 2.85. The first-order valence-electron chi connectivity index (χ1n) is 5.36.